The minimum atomic E-state index is -3.78. The summed E-state index contributed by atoms with van der Waals surface area (Å²) in [5.41, 5.74) is 1.79. The molecule has 0 unspecified atom stereocenters. The van der Waals surface area contributed by atoms with Crippen LogP contribution in [0.3, 0.4) is 0 Å². The molecule has 1 fully saturated rings. The number of carbonyl (C=O) groups is 1. The minimum absolute atomic E-state index is 0.114. The van der Waals surface area contributed by atoms with E-state index >= 15 is 0 Å². The van der Waals surface area contributed by atoms with E-state index in [1.54, 1.807) is 19.9 Å². The standard InChI is InChI=1S/C32H52N4O5S2/c1-22-25(29(37)33-21-32(8,9)35-42(10,38)39)19-27(36(22)20-23-14-12-11-13-15-23)24-16-17-28(26(18-24)30(2,3)4)43(40,41)34-31(5,6)7/h16-19,23,34-35H,11-15,20-21H2,1-10H3,(H,33,37). The van der Waals surface area contributed by atoms with Crippen LogP contribution in [-0.2, 0) is 32.0 Å². The van der Waals surface area contributed by atoms with Crippen molar-refractivity contribution in [2.24, 2.45) is 5.92 Å². The highest BCUT2D eigenvalue weighted by atomic mass is 32.2. The molecule has 3 N–H and O–H groups in total. The maximum atomic E-state index is 13.5. The van der Waals surface area contributed by atoms with Gasteiger partial charge in [-0.25, -0.2) is 26.3 Å². The number of amides is 1. The van der Waals surface area contributed by atoms with Gasteiger partial charge in [-0.1, -0.05) is 46.1 Å². The largest absolute Gasteiger partial charge is 0.350 e. The van der Waals surface area contributed by atoms with E-state index < -0.39 is 36.5 Å². The zero-order valence-corrected chi connectivity index (χ0v) is 29.3. The Labute approximate surface area is 259 Å². The zero-order chi connectivity index (χ0) is 32.6. The van der Waals surface area contributed by atoms with Crippen LogP contribution in [0.4, 0.5) is 0 Å². The summed E-state index contributed by atoms with van der Waals surface area (Å²) in [6, 6.07) is 7.34. The number of nitrogens with zero attached hydrogens (tertiary/aromatic N) is 1. The van der Waals surface area contributed by atoms with E-state index in [0.717, 1.165) is 42.6 Å². The van der Waals surface area contributed by atoms with Crippen LogP contribution < -0.4 is 14.8 Å². The highest BCUT2D eigenvalue weighted by molar-refractivity contribution is 7.89. The quantitative estimate of drug-likeness (QED) is 0.319. The predicted octanol–water partition coefficient (Wildman–Crippen LogP) is 5.48. The number of sulfonamides is 2. The molecule has 1 saturated carbocycles. The average molecular weight is 637 g/mol. The fourth-order valence-electron chi connectivity index (χ4n) is 5.88. The van der Waals surface area contributed by atoms with Gasteiger partial charge in [0.05, 0.1) is 16.7 Å². The molecule has 2 aromatic rings. The third kappa shape index (κ3) is 9.64. The SMILES string of the molecule is Cc1c(C(=O)NCC(C)(C)NS(C)(=O)=O)cc(-c2ccc(S(=O)(=O)NC(C)(C)C)c(C(C)(C)C)c2)n1CC1CCCCC1. The molecule has 242 valence electrons. The van der Waals surface area contributed by atoms with E-state index in [2.05, 4.69) is 19.3 Å². The lowest BCUT2D eigenvalue weighted by Gasteiger charge is -2.27. The molecule has 1 aromatic heterocycles. The number of benzene rings is 1. The Hall–Kier alpha value is -2.21. The van der Waals surface area contributed by atoms with Crippen molar-refractivity contribution >= 4 is 26.0 Å². The summed E-state index contributed by atoms with van der Waals surface area (Å²) in [6.07, 6.45) is 6.99. The van der Waals surface area contributed by atoms with Crippen LogP contribution in [0.1, 0.15) is 109 Å². The molecule has 0 bridgehead atoms. The number of nitrogens with one attached hydrogen (secondary N) is 3. The smallest absolute Gasteiger partial charge is 0.253 e. The van der Waals surface area contributed by atoms with Crippen LogP contribution in [0.15, 0.2) is 29.2 Å². The number of hydrogen-bond donors (Lipinski definition) is 3. The van der Waals surface area contributed by atoms with Crippen LogP contribution in [0, 0.1) is 12.8 Å². The zero-order valence-electron chi connectivity index (χ0n) is 27.6. The molecule has 1 aliphatic rings. The number of carbonyl (C=O) groups excluding carboxylic acids is 1. The Morgan fingerprint density at radius 1 is 0.907 bits per heavy atom. The molecule has 1 aromatic carbocycles. The van der Waals surface area contributed by atoms with E-state index in [1.807, 2.05) is 66.7 Å². The lowest BCUT2D eigenvalue weighted by Crippen LogP contribution is -2.51. The molecular weight excluding hydrogens is 585 g/mol. The molecule has 0 spiro atoms. The molecule has 1 heterocycles. The first-order valence-corrected chi connectivity index (χ1v) is 18.5. The first kappa shape index (κ1) is 35.3. The summed E-state index contributed by atoms with van der Waals surface area (Å²) in [7, 11) is -7.23. The normalized spacial score (nSPS) is 16.0. The van der Waals surface area contributed by atoms with E-state index in [9.17, 15) is 21.6 Å². The molecule has 0 aliphatic heterocycles. The van der Waals surface area contributed by atoms with Crippen LogP contribution in [-0.4, -0.2) is 51.2 Å². The fourth-order valence-corrected chi connectivity index (χ4v) is 8.77. The molecule has 1 amide bonds. The summed E-state index contributed by atoms with van der Waals surface area (Å²) < 4.78 is 58.1. The Kier molecular flexibility index (Phi) is 10.4. The highest BCUT2D eigenvalue weighted by Gasteiger charge is 2.31. The van der Waals surface area contributed by atoms with Gasteiger partial charge in [-0.15, -0.1) is 0 Å². The van der Waals surface area contributed by atoms with Gasteiger partial charge in [0.15, 0.2) is 0 Å². The van der Waals surface area contributed by atoms with Crippen molar-refractivity contribution in [1.82, 2.24) is 19.3 Å². The molecule has 0 radical (unpaired) electrons. The maximum Gasteiger partial charge on any atom is 0.253 e. The summed E-state index contributed by atoms with van der Waals surface area (Å²) in [6.45, 7) is 17.7. The van der Waals surface area contributed by atoms with Crippen molar-refractivity contribution in [2.45, 2.75) is 122 Å². The van der Waals surface area contributed by atoms with Gasteiger partial charge < -0.3 is 9.88 Å². The Balaban J connectivity index is 2.10. The molecule has 43 heavy (non-hydrogen) atoms. The fraction of sp³-hybridized carbons (Fsp3) is 0.656. The topological polar surface area (TPSA) is 126 Å². The summed E-state index contributed by atoms with van der Waals surface area (Å²) in [5.74, 6) is 0.208. The van der Waals surface area contributed by atoms with Gasteiger partial charge in [0.2, 0.25) is 20.0 Å². The van der Waals surface area contributed by atoms with Gasteiger partial charge in [0.1, 0.15) is 0 Å². The van der Waals surface area contributed by atoms with Gasteiger partial charge in [-0.3, -0.25) is 4.79 Å². The Morgan fingerprint density at radius 2 is 1.51 bits per heavy atom. The molecule has 3 rings (SSSR count). The van der Waals surface area contributed by atoms with Crippen molar-refractivity contribution in [3.8, 4) is 11.3 Å². The van der Waals surface area contributed by atoms with Crippen molar-refractivity contribution in [3.63, 3.8) is 0 Å². The number of rotatable bonds is 10. The van der Waals surface area contributed by atoms with E-state index in [0.29, 0.717) is 17.0 Å². The monoisotopic (exact) mass is 636 g/mol. The first-order valence-electron chi connectivity index (χ1n) is 15.2. The first-order chi connectivity index (χ1) is 19.5. The van der Waals surface area contributed by atoms with E-state index in [-0.39, 0.29) is 17.3 Å². The Morgan fingerprint density at radius 3 is 2.05 bits per heavy atom. The van der Waals surface area contributed by atoms with E-state index in [4.69, 9.17) is 0 Å². The number of hydrogen-bond acceptors (Lipinski definition) is 5. The summed E-state index contributed by atoms with van der Waals surface area (Å²) in [5, 5.41) is 2.92. The van der Waals surface area contributed by atoms with E-state index in [1.165, 1.54) is 19.3 Å². The number of aromatic nitrogens is 1. The lowest BCUT2D eigenvalue weighted by atomic mass is 9.85. The van der Waals surface area contributed by atoms with Crippen molar-refractivity contribution in [3.05, 3.63) is 41.1 Å². The van der Waals surface area contributed by atoms with Gasteiger partial charge in [0.25, 0.3) is 5.91 Å². The lowest BCUT2D eigenvalue weighted by molar-refractivity contribution is 0.0943. The van der Waals surface area contributed by atoms with Gasteiger partial charge >= 0.3 is 0 Å². The highest BCUT2D eigenvalue weighted by Crippen LogP contribution is 2.36. The van der Waals surface area contributed by atoms with Crippen LogP contribution in [0.25, 0.3) is 11.3 Å². The van der Waals surface area contributed by atoms with Crippen molar-refractivity contribution in [1.29, 1.82) is 0 Å². The van der Waals surface area contributed by atoms with Crippen molar-refractivity contribution < 1.29 is 21.6 Å². The molecule has 0 saturated heterocycles. The van der Waals surface area contributed by atoms with Crippen LogP contribution >= 0.6 is 0 Å². The molecule has 1 aliphatic carbocycles. The molecular formula is C32H52N4O5S2. The molecule has 0 atom stereocenters. The average Bonchev–Trinajstić information content (AvgIpc) is 3.15. The van der Waals surface area contributed by atoms with Gasteiger partial charge in [0, 0.05) is 35.6 Å². The second kappa shape index (κ2) is 12.7. The van der Waals surface area contributed by atoms with Crippen LogP contribution in [0.5, 0.6) is 0 Å². The summed E-state index contributed by atoms with van der Waals surface area (Å²) in [4.78, 5) is 13.8. The van der Waals surface area contributed by atoms with Crippen LogP contribution in [0.2, 0.25) is 0 Å². The third-order valence-corrected chi connectivity index (χ3v) is 10.5. The Bertz CT molecular complexity index is 1540. The van der Waals surface area contributed by atoms with Gasteiger partial charge in [-0.05, 0) is 95.0 Å². The summed E-state index contributed by atoms with van der Waals surface area (Å²) >= 11 is 0. The second-order valence-electron chi connectivity index (χ2n) is 14.9. The maximum absolute atomic E-state index is 13.5. The predicted molar refractivity (Wildman–Crippen MR) is 174 cm³/mol. The molecule has 9 nitrogen and oxygen atoms in total. The third-order valence-electron chi connectivity index (χ3n) is 7.74. The molecule has 11 heteroatoms. The van der Waals surface area contributed by atoms with Gasteiger partial charge in [-0.2, -0.15) is 0 Å². The minimum Gasteiger partial charge on any atom is -0.350 e. The second-order valence-corrected chi connectivity index (χ2v) is 18.3. The van der Waals surface area contributed by atoms with Crippen molar-refractivity contribution in [2.75, 3.05) is 12.8 Å².